The lowest BCUT2D eigenvalue weighted by molar-refractivity contribution is -0.696. The highest BCUT2D eigenvalue weighted by Crippen LogP contribution is 2.21. The van der Waals surface area contributed by atoms with Crippen LogP contribution in [0.2, 0.25) is 0 Å². The minimum absolute atomic E-state index is 0.198. The van der Waals surface area contributed by atoms with Gasteiger partial charge in [-0.2, -0.15) is 0 Å². The SMILES string of the molecule is CCOC(=O)C1=C(C[NH2+][C@@H](c2ccc(C(C)C)cc2)C(C)C)NC(=O)NC1. The second-order valence-corrected chi connectivity index (χ2v) is 7.52. The molecule has 2 amide bonds. The first-order valence-corrected chi connectivity index (χ1v) is 9.70. The Hall–Kier alpha value is -2.34. The number of rotatable bonds is 8. The van der Waals surface area contributed by atoms with E-state index in [9.17, 15) is 9.59 Å². The molecule has 0 saturated carbocycles. The zero-order chi connectivity index (χ0) is 20.0. The third kappa shape index (κ3) is 5.57. The molecule has 6 heteroatoms. The molecule has 0 spiro atoms. The van der Waals surface area contributed by atoms with E-state index in [2.05, 4.69) is 67.9 Å². The van der Waals surface area contributed by atoms with Crippen LogP contribution in [0.4, 0.5) is 4.79 Å². The van der Waals surface area contributed by atoms with Crippen molar-refractivity contribution in [2.75, 3.05) is 19.7 Å². The molecule has 0 radical (unpaired) electrons. The van der Waals surface area contributed by atoms with E-state index in [1.54, 1.807) is 6.92 Å². The molecule has 1 aromatic carbocycles. The van der Waals surface area contributed by atoms with Crippen molar-refractivity contribution < 1.29 is 19.6 Å². The number of esters is 1. The summed E-state index contributed by atoms with van der Waals surface area (Å²) in [7, 11) is 0. The Balaban J connectivity index is 2.17. The second-order valence-electron chi connectivity index (χ2n) is 7.52. The van der Waals surface area contributed by atoms with Gasteiger partial charge in [0.2, 0.25) is 0 Å². The maximum Gasteiger partial charge on any atom is 0.337 e. The number of hydrogen-bond donors (Lipinski definition) is 3. The van der Waals surface area contributed by atoms with Crippen LogP contribution in [0.5, 0.6) is 0 Å². The van der Waals surface area contributed by atoms with Gasteiger partial charge in [0.25, 0.3) is 0 Å². The van der Waals surface area contributed by atoms with Gasteiger partial charge in [0.05, 0.1) is 24.4 Å². The summed E-state index contributed by atoms with van der Waals surface area (Å²) >= 11 is 0. The summed E-state index contributed by atoms with van der Waals surface area (Å²) in [5, 5.41) is 7.59. The van der Waals surface area contributed by atoms with Crippen LogP contribution in [0.25, 0.3) is 0 Å². The van der Waals surface area contributed by atoms with Crippen molar-refractivity contribution in [3.8, 4) is 0 Å². The molecule has 0 fully saturated rings. The van der Waals surface area contributed by atoms with Crippen molar-refractivity contribution in [2.24, 2.45) is 5.92 Å². The molecule has 0 saturated heterocycles. The summed E-state index contributed by atoms with van der Waals surface area (Å²) in [6.45, 7) is 11.5. The van der Waals surface area contributed by atoms with Crippen LogP contribution in [-0.4, -0.2) is 31.7 Å². The molecule has 6 nitrogen and oxygen atoms in total. The predicted octanol–water partition coefficient (Wildman–Crippen LogP) is 2.20. The van der Waals surface area contributed by atoms with Gasteiger partial charge in [0.15, 0.2) is 0 Å². The Labute approximate surface area is 161 Å². The van der Waals surface area contributed by atoms with Gasteiger partial charge in [0, 0.05) is 11.5 Å². The zero-order valence-corrected chi connectivity index (χ0v) is 17.0. The number of quaternary nitrogens is 1. The second kappa shape index (κ2) is 9.55. The standard InChI is InChI=1S/C21H31N3O3/c1-6-27-20(25)17-11-23-21(26)24-18(17)12-22-19(14(4)5)16-9-7-15(8-10-16)13(2)3/h7-10,13-14,19,22H,6,11-12H2,1-5H3,(H2,23,24,26)/p+1/t19-/m1/s1. The molecule has 0 unspecified atom stereocenters. The molecule has 1 aliphatic rings. The van der Waals surface area contributed by atoms with E-state index in [4.69, 9.17) is 4.74 Å². The maximum absolute atomic E-state index is 12.2. The number of carbonyl (C=O) groups excluding carboxylic acids is 2. The highest BCUT2D eigenvalue weighted by molar-refractivity contribution is 5.93. The number of amides is 2. The van der Waals surface area contributed by atoms with E-state index < -0.39 is 0 Å². The minimum atomic E-state index is -0.379. The quantitative estimate of drug-likeness (QED) is 0.610. The van der Waals surface area contributed by atoms with Crippen LogP contribution in [0.1, 0.15) is 57.7 Å². The lowest BCUT2D eigenvalue weighted by Gasteiger charge is -2.24. The van der Waals surface area contributed by atoms with Gasteiger partial charge >= 0.3 is 12.0 Å². The zero-order valence-electron chi connectivity index (χ0n) is 17.0. The topological polar surface area (TPSA) is 84.0 Å². The first-order valence-electron chi connectivity index (χ1n) is 9.70. The van der Waals surface area contributed by atoms with Gasteiger partial charge in [0.1, 0.15) is 12.6 Å². The van der Waals surface area contributed by atoms with E-state index in [1.165, 1.54) is 11.1 Å². The summed E-state index contributed by atoms with van der Waals surface area (Å²) in [6, 6.07) is 8.66. The monoisotopic (exact) mass is 374 g/mol. The van der Waals surface area contributed by atoms with Crippen molar-refractivity contribution in [1.29, 1.82) is 0 Å². The lowest BCUT2D eigenvalue weighted by atomic mass is 9.93. The molecular weight excluding hydrogens is 342 g/mol. The van der Waals surface area contributed by atoms with Gasteiger partial charge in [-0.25, -0.2) is 9.59 Å². The normalized spacial score (nSPS) is 15.6. The summed E-state index contributed by atoms with van der Waals surface area (Å²) in [5.41, 5.74) is 3.68. The van der Waals surface area contributed by atoms with Crippen LogP contribution < -0.4 is 16.0 Å². The fourth-order valence-electron chi connectivity index (χ4n) is 3.26. The Morgan fingerprint density at radius 3 is 2.33 bits per heavy atom. The molecule has 0 aliphatic carbocycles. The highest BCUT2D eigenvalue weighted by atomic mass is 16.5. The summed E-state index contributed by atoms with van der Waals surface area (Å²) in [4.78, 5) is 23.9. The average Bonchev–Trinajstić information content (AvgIpc) is 2.62. The number of carbonyl (C=O) groups is 2. The third-order valence-corrected chi connectivity index (χ3v) is 4.86. The molecule has 1 aromatic rings. The van der Waals surface area contributed by atoms with Gasteiger partial charge in [-0.1, -0.05) is 52.0 Å². The van der Waals surface area contributed by atoms with Crippen LogP contribution in [-0.2, 0) is 9.53 Å². The van der Waals surface area contributed by atoms with Crippen molar-refractivity contribution in [3.63, 3.8) is 0 Å². The number of hydrogen-bond acceptors (Lipinski definition) is 3. The first-order chi connectivity index (χ1) is 12.8. The smallest absolute Gasteiger partial charge is 0.337 e. The van der Waals surface area contributed by atoms with Crippen LogP contribution in [0.3, 0.4) is 0 Å². The summed E-state index contributed by atoms with van der Waals surface area (Å²) in [5.74, 6) is 0.525. The Morgan fingerprint density at radius 2 is 1.78 bits per heavy atom. The molecule has 0 bridgehead atoms. The Morgan fingerprint density at radius 1 is 1.15 bits per heavy atom. The number of ether oxygens (including phenoxy) is 1. The number of urea groups is 1. The Kier molecular flexibility index (Phi) is 7.42. The van der Waals surface area contributed by atoms with E-state index in [1.807, 2.05) is 0 Å². The molecule has 27 heavy (non-hydrogen) atoms. The van der Waals surface area contributed by atoms with Crippen LogP contribution in [0.15, 0.2) is 35.5 Å². The van der Waals surface area contributed by atoms with Gasteiger partial charge in [-0.3, -0.25) is 0 Å². The number of nitrogens with one attached hydrogen (secondary N) is 2. The van der Waals surface area contributed by atoms with Crippen molar-refractivity contribution in [3.05, 3.63) is 46.7 Å². The molecule has 148 valence electrons. The Bertz CT molecular complexity index is 693. The van der Waals surface area contributed by atoms with Crippen molar-refractivity contribution in [1.82, 2.24) is 10.6 Å². The first kappa shape index (κ1) is 21.0. The van der Waals surface area contributed by atoms with Crippen molar-refractivity contribution in [2.45, 2.75) is 46.6 Å². The van der Waals surface area contributed by atoms with Gasteiger partial charge in [-0.05, 0) is 18.4 Å². The number of benzene rings is 1. The summed E-state index contributed by atoms with van der Waals surface area (Å²) < 4.78 is 5.12. The molecule has 4 N–H and O–H groups in total. The largest absolute Gasteiger partial charge is 0.463 e. The lowest BCUT2D eigenvalue weighted by Crippen LogP contribution is -2.87. The van der Waals surface area contributed by atoms with Crippen LogP contribution in [0, 0.1) is 5.92 Å². The van der Waals surface area contributed by atoms with E-state index >= 15 is 0 Å². The molecule has 1 aliphatic heterocycles. The minimum Gasteiger partial charge on any atom is -0.463 e. The molecular formula is C21H32N3O3+. The molecule has 0 aromatic heterocycles. The molecule has 1 atom stereocenters. The molecule has 1 heterocycles. The van der Waals surface area contributed by atoms with E-state index in [0.717, 1.165) is 0 Å². The highest BCUT2D eigenvalue weighted by Gasteiger charge is 2.27. The van der Waals surface area contributed by atoms with Gasteiger partial charge < -0.3 is 20.7 Å². The fraction of sp³-hybridized carbons (Fsp3) is 0.524. The van der Waals surface area contributed by atoms with Gasteiger partial charge in [-0.15, -0.1) is 0 Å². The van der Waals surface area contributed by atoms with E-state index in [-0.39, 0.29) is 24.6 Å². The maximum atomic E-state index is 12.2. The average molecular weight is 375 g/mol. The third-order valence-electron chi connectivity index (χ3n) is 4.86. The van der Waals surface area contributed by atoms with Crippen molar-refractivity contribution >= 4 is 12.0 Å². The fourth-order valence-corrected chi connectivity index (χ4v) is 3.26. The van der Waals surface area contributed by atoms with Crippen LogP contribution >= 0.6 is 0 Å². The van der Waals surface area contributed by atoms with E-state index in [0.29, 0.717) is 36.3 Å². The number of nitrogens with two attached hydrogens (primary N) is 1. The predicted molar refractivity (Wildman–Crippen MR) is 105 cm³/mol. The summed E-state index contributed by atoms with van der Waals surface area (Å²) in [6.07, 6.45) is 0. The molecule has 2 rings (SSSR count).